The zero-order valence-corrected chi connectivity index (χ0v) is 18.0. The number of methoxy groups -OCH3 is 1. The van der Waals surface area contributed by atoms with Crippen LogP contribution < -0.4 is 15.4 Å². The number of likely N-dealkylation sites (N-methyl/N-ethyl adjacent to an activating group) is 1. The van der Waals surface area contributed by atoms with Crippen molar-refractivity contribution in [2.24, 2.45) is 0 Å². The predicted octanol–water partition coefficient (Wildman–Crippen LogP) is 1.68. The average Bonchev–Trinajstić information content (AvgIpc) is 3.67. The highest BCUT2D eigenvalue weighted by molar-refractivity contribution is 5.84. The summed E-state index contributed by atoms with van der Waals surface area (Å²) in [5.74, 6) is 0.531. The minimum atomic E-state index is -0.681. The Labute approximate surface area is 179 Å². The highest BCUT2D eigenvalue weighted by Gasteiger charge is 2.22. The van der Waals surface area contributed by atoms with E-state index in [9.17, 15) is 14.4 Å². The Morgan fingerprint density at radius 3 is 2.33 bits per heavy atom. The molecule has 3 rings (SSSR count). The first-order valence-electron chi connectivity index (χ1n) is 10.3. The highest BCUT2D eigenvalue weighted by atomic mass is 16.5. The molecule has 1 aliphatic heterocycles. The van der Waals surface area contributed by atoms with Gasteiger partial charge in [0.1, 0.15) is 11.8 Å². The van der Waals surface area contributed by atoms with E-state index in [-0.39, 0.29) is 24.7 Å². The van der Waals surface area contributed by atoms with Gasteiger partial charge in [0, 0.05) is 26.6 Å². The van der Waals surface area contributed by atoms with Gasteiger partial charge in [-0.2, -0.15) is 0 Å². The summed E-state index contributed by atoms with van der Waals surface area (Å²) in [6.07, 6.45) is 15.1. The third-order valence-electron chi connectivity index (χ3n) is 4.90. The molecule has 1 saturated carbocycles. The second-order valence-corrected chi connectivity index (χ2v) is 7.07. The van der Waals surface area contributed by atoms with Crippen molar-refractivity contribution in [3.05, 3.63) is 29.3 Å². The maximum atomic E-state index is 12.5. The molecular weight excluding hydrogens is 382 g/mol. The number of nitrogens with zero attached hydrogens (tertiary/aromatic N) is 1. The monoisotopic (exact) mass is 415 g/mol. The molecule has 1 aromatic rings. The standard InChI is InChI=1S/C18H25N3O4.C3H6.C2H2/c1-19-18(24)16(20-12-22)5-6-17(23)21-9-7-13-3-4-15(25-2)11-14(13)8-10-21;1-2-3-1;1-2/h3-4,11-12,16H,5-10H2,1-2H3,(H,19,24)(H,20,22);1-3H2;1-2H/t16-;;/m1../s1. The third-order valence-corrected chi connectivity index (χ3v) is 4.90. The largest absolute Gasteiger partial charge is 0.497 e. The predicted molar refractivity (Wildman–Crippen MR) is 117 cm³/mol. The first-order chi connectivity index (χ1) is 14.6. The number of rotatable bonds is 7. The van der Waals surface area contributed by atoms with Crippen LogP contribution in [-0.2, 0) is 27.2 Å². The second kappa shape index (κ2) is 14.0. The summed E-state index contributed by atoms with van der Waals surface area (Å²) < 4.78 is 5.26. The molecule has 0 spiro atoms. The van der Waals surface area contributed by atoms with Crippen LogP contribution in [0.3, 0.4) is 0 Å². The Morgan fingerprint density at radius 1 is 1.17 bits per heavy atom. The van der Waals surface area contributed by atoms with E-state index in [1.165, 1.54) is 37.4 Å². The lowest BCUT2D eigenvalue weighted by Crippen LogP contribution is -2.43. The zero-order chi connectivity index (χ0) is 22.4. The van der Waals surface area contributed by atoms with Gasteiger partial charge in [0.25, 0.3) is 0 Å². The van der Waals surface area contributed by atoms with Crippen LogP contribution in [0.15, 0.2) is 18.2 Å². The van der Waals surface area contributed by atoms with E-state index in [0.717, 1.165) is 18.6 Å². The molecule has 1 atom stereocenters. The molecular formula is C23H33N3O4. The summed E-state index contributed by atoms with van der Waals surface area (Å²) in [5.41, 5.74) is 2.45. The summed E-state index contributed by atoms with van der Waals surface area (Å²) >= 11 is 0. The van der Waals surface area contributed by atoms with Gasteiger partial charge < -0.3 is 20.3 Å². The topological polar surface area (TPSA) is 87.7 Å². The van der Waals surface area contributed by atoms with Crippen LogP contribution in [0.4, 0.5) is 0 Å². The maximum absolute atomic E-state index is 12.5. The van der Waals surface area contributed by atoms with Gasteiger partial charge in [-0.1, -0.05) is 25.3 Å². The number of hydrogen-bond donors (Lipinski definition) is 2. The molecule has 1 aromatic carbocycles. The number of fused-ring (bicyclic) bond motifs is 1. The molecule has 0 radical (unpaired) electrons. The van der Waals surface area contributed by atoms with E-state index < -0.39 is 6.04 Å². The lowest BCUT2D eigenvalue weighted by molar-refractivity contribution is -0.132. The van der Waals surface area contributed by atoms with Crippen molar-refractivity contribution in [3.8, 4) is 18.6 Å². The van der Waals surface area contributed by atoms with Crippen molar-refractivity contribution in [1.29, 1.82) is 0 Å². The summed E-state index contributed by atoms with van der Waals surface area (Å²) in [7, 11) is 3.15. The smallest absolute Gasteiger partial charge is 0.242 e. The van der Waals surface area contributed by atoms with Gasteiger partial charge in [-0.15, -0.1) is 12.8 Å². The molecule has 7 heteroatoms. The average molecular weight is 416 g/mol. The van der Waals surface area contributed by atoms with Gasteiger partial charge in [0.2, 0.25) is 18.2 Å². The van der Waals surface area contributed by atoms with Gasteiger partial charge in [-0.05, 0) is 42.5 Å². The first-order valence-corrected chi connectivity index (χ1v) is 10.3. The molecule has 7 nitrogen and oxygen atoms in total. The molecule has 30 heavy (non-hydrogen) atoms. The third kappa shape index (κ3) is 8.56. The molecule has 164 valence electrons. The fraction of sp³-hybridized carbons (Fsp3) is 0.522. The first kappa shape index (κ1) is 25.0. The van der Waals surface area contributed by atoms with Crippen LogP contribution in [0.25, 0.3) is 0 Å². The van der Waals surface area contributed by atoms with E-state index in [1.807, 2.05) is 17.0 Å². The second-order valence-electron chi connectivity index (χ2n) is 7.07. The number of ether oxygens (including phenoxy) is 1. The minimum absolute atomic E-state index is 0.00127. The molecule has 0 bridgehead atoms. The molecule has 1 aliphatic carbocycles. The SMILES string of the molecule is C#C.C1CC1.CNC(=O)[C@@H](CCC(=O)N1CCc2ccc(OC)cc2CC1)NC=O. The highest BCUT2D eigenvalue weighted by Crippen LogP contribution is 2.22. The van der Waals surface area contributed by atoms with Crippen LogP contribution in [0, 0.1) is 12.8 Å². The Balaban J connectivity index is 0.000000802. The molecule has 0 aromatic heterocycles. The normalized spacial score (nSPS) is 14.7. The fourth-order valence-corrected chi connectivity index (χ4v) is 3.05. The lowest BCUT2D eigenvalue weighted by Gasteiger charge is -2.21. The van der Waals surface area contributed by atoms with Gasteiger partial charge in [-0.3, -0.25) is 14.4 Å². The lowest BCUT2D eigenvalue weighted by atomic mass is 10.0. The molecule has 2 N–H and O–H groups in total. The van der Waals surface area contributed by atoms with Gasteiger partial charge in [0.15, 0.2) is 0 Å². The Bertz CT molecular complexity index is 713. The van der Waals surface area contributed by atoms with E-state index in [2.05, 4.69) is 29.5 Å². The molecule has 0 unspecified atom stereocenters. The van der Waals surface area contributed by atoms with Crippen molar-refractivity contribution in [2.45, 2.75) is 51.0 Å². The quantitative estimate of drug-likeness (QED) is 0.524. The number of carbonyl (C=O) groups is 3. The Kier molecular flexibility index (Phi) is 11.7. The van der Waals surface area contributed by atoms with Crippen LogP contribution in [0.1, 0.15) is 43.2 Å². The van der Waals surface area contributed by atoms with Crippen molar-refractivity contribution in [3.63, 3.8) is 0 Å². The number of nitrogens with one attached hydrogen (secondary N) is 2. The fourth-order valence-electron chi connectivity index (χ4n) is 3.05. The number of hydrogen-bond acceptors (Lipinski definition) is 4. The van der Waals surface area contributed by atoms with E-state index in [1.54, 1.807) is 7.11 Å². The molecule has 3 amide bonds. The maximum Gasteiger partial charge on any atom is 0.242 e. The van der Waals surface area contributed by atoms with Crippen LogP contribution in [-0.4, -0.2) is 56.4 Å². The van der Waals surface area contributed by atoms with Crippen molar-refractivity contribution >= 4 is 18.2 Å². The zero-order valence-electron chi connectivity index (χ0n) is 18.0. The molecule has 1 heterocycles. The van der Waals surface area contributed by atoms with Crippen molar-refractivity contribution < 1.29 is 19.1 Å². The summed E-state index contributed by atoms with van der Waals surface area (Å²) in [4.78, 5) is 36.6. The van der Waals surface area contributed by atoms with Gasteiger partial charge >= 0.3 is 0 Å². The minimum Gasteiger partial charge on any atom is -0.497 e. The summed E-state index contributed by atoms with van der Waals surface area (Å²) in [6, 6.07) is 5.34. The Morgan fingerprint density at radius 2 is 1.80 bits per heavy atom. The van der Waals surface area contributed by atoms with E-state index >= 15 is 0 Å². The van der Waals surface area contributed by atoms with E-state index in [4.69, 9.17) is 4.74 Å². The Hall–Kier alpha value is -3.01. The van der Waals surface area contributed by atoms with Crippen LogP contribution in [0.2, 0.25) is 0 Å². The molecule has 2 aliphatic rings. The summed E-state index contributed by atoms with van der Waals surface area (Å²) in [5, 5.41) is 4.94. The van der Waals surface area contributed by atoms with Crippen LogP contribution in [0.5, 0.6) is 5.75 Å². The number of benzene rings is 1. The van der Waals surface area contributed by atoms with Crippen molar-refractivity contribution in [1.82, 2.24) is 15.5 Å². The number of carbonyl (C=O) groups excluding carboxylic acids is 3. The summed E-state index contributed by atoms with van der Waals surface area (Å²) in [6.45, 7) is 1.30. The van der Waals surface area contributed by atoms with E-state index in [0.29, 0.717) is 19.5 Å². The van der Waals surface area contributed by atoms with Gasteiger partial charge in [0.05, 0.1) is 7.11 Å². The molecule has 0 saturated heterocycles. The molecule has 1 fully saturated rings. The number of terminal acetylenes is 1. The van der Waals surface area contributed by atoms with Crippen LogP contribution >= 0.6 is 0 Å². The van der Waals surface area contributed by atoms with Crippen molar-refractivity contribution in [2.75, 3.05) is 27.2 Å². The van der Waals surface area contributed by atoms with Gasteiger partial charge in [-0.25, -0.2) is 0 Å². The number of amides is 3.